The van der Waals surface area contributed by atoms with Gasteiger partial charge in [-0.1, -0.05) is 11.6 Å². The molecule has 0 bridgehead atoms. The average Bonchev–Trinajstić information content (AvgIpc) is 2.87. The van der Waals surface area contributed by atoms with Gasteiger partial charge in [0.2, 0.25) is 0 Å². The number of halogens is 1. The molecule has 2 aliphatic rings. The van der Waals surface area contributed by atoms with Crippen molar-refractivity contribution in [3.8, 4) is 6.07 Å². The second-order valence-electron chi connectivity index (χ2n) is 5.85. The topological polar surface area (TPSA) is 64.4 Å². The quantitative estimate of drug-likeness (QED) is 0.817. The fraction of sp³-hybridized carbons (Fsp3) is 0.533. The van der Waals surface area contributed by atoms with E-state index in [1.54, 1.807) is 12.1 Å². The molecule has 3 rings (SSSR count). The standard InChI is InChI=1S/C15H18ClN3O2S/c16-13-1-2-15(12(9-13)10-17)19-6-4-18(5-7-19)14-3-8-22(20,21)11-14/h1-2,9,14H,3-8,11H2/t14-/m0/s1. The molecule has 1 atom stereocenters. The zero-order valence-electron chi connectivity index (χ0n) is 12.2. The average molecular weight is 340 g/mol. The number of hydrogen-bond acceptors (Lipinski definition) is 5. The summed E-state index contributed by atoms with van der Waals surface area (Å²) >= 11 is 5.94. The first-order chi connectivity index (χ1) is 10.5. The van der Waals surface area contributed by atoms with Crippen molar-refractivity contribution in [2.45, 2.75) is 12.5 Å². The third-order valence-corrected chi connectivity index (χ3v) is 6.44. The molecule has 0 spiro atoms. The van der Waals surface area contributed by atoms with Crippen molar-refractivity contribution in [2.75, 3.05) is 42.6 Å². The van der Waals surface area contributed by atoms with Gasteiger partial charge >= 0.3 is 0 Å². The van der Waals surface area contributed by atoms with Crippen LogP contribution in [0.1, 0.15) is 12.0 Å². The number of benzene rings is 1. The summed E-state index contributed by atoms with van der Waals surface area (Å²) in [6.45, 7) is 3.25. The zero-order chi connectivity index (χ0) is 15.7. The molecule has 1 aromatic carbocycles. The molecule has 0 N–H and O–H groups in total. The summed E-state index contributed by atoms with van der Waals surface area (Å²) in [4.78, 5) is 4.44. The van der Waals surface area contributed by atoms with Crippen molar-refractivity contribution in [2.24, 2.45) is 0 Å². The Hall–Kier alpha value is -1.29. The van der Waals surface area contributed by atoms with Gasteiger partial charge in [-0.25, -0.2) is 8.42 Å². The Bertz CT molecular complexity index is 706. The molecule has 2 heterocycles. The van der Waals surface area contributed by atoms with Crippen molar-refractivity contribution in [3.63, 3.8) is 0 Å². The van der Waals surface area contributed by atoms with Crippen molar-refractivity contribution in [1.29, 1.82) is 5.26 Å². The minimum Gasteiger partial charge on any atom is -0.368 e. The van der Waals surface area contributed by atoms with Crippen LogP contribution in [0.4, 0.5) is 5.69 Å². The van der Waals surface area contributed by atoms with Gasteiger partial charge in [-0.05, 0) is 24.6 Å². The van der Waals surface area contributed by atoms with Gasteiger partial charge in [0.1, 0.15) is 6.07 Å². The van der Waals surface area contributed by atoms with E-state index in [0.29, 0.717) is 16.3 Å². The molecule has 0 amide bonds. The maximum atomic E-state index is 11.6. The molecule has 22 heavy (non-hydrogen) atoms. The van der Waals surface area contributed by atoms with E-state index >= 15 is 0 Å². The first kappa shape index (κ1) is 15.6. The monoisotopic (exact) mass is 339 g/mol. The molecule has 0 unspecified atom stereocenters. The number of nitrogens with zero attached hydrogens (tertiary/aromatic N) is 3. The predicted octanol–water partition coefficient (Wildman–Crippen LogP) is 1.52. The summed E-state index contributed by atoms with van der Waals surface area (Å²) in [6, 6.07) is 7.72. The van der Waals surface area contributed by atoms with Gasteiger partial charge in [-0.2, -0.15) is 5.26 Å². The van der Waals surface area contributed by atoms with Crippen LogP contribution in [0.15, 0.2) is 18.2 Å². The summed E-state index contributed by atoms with van der Waals surface area (Å²) in [7, 11) is -2.84. The largest absolute Gasteiger partial charge is 0.368 e. The summed E-state index contributed by atoms with van der Waals surface area (Å²) in [5.41, 5.74) is 1.50. The van der Waals surface area contributed by atoms with Crippen LogP contribution < -0.4 is 4.90 Å². The molecule has 1 aromatic rings. The van der Waals surface area contributed by atoms with Crippen LogP contribution in [0.3, 0.4) is 0 Å². The van der Waals surface area contributed by atoms with Crippen LogP contribution >= 0.6 is 11.6 Å². The SMILES string of the molecule is N#Cc1cc(Cl)ccc1N1CCN([C@H]2CCS(=O)(=O)C2)CC1. The third-order valence-electron chi connectivity index (χ3n) is 4.46. The number of anilines is 1. The van der Waals surface area contributed by atoms with Gasteiger partial charge in [-0.3, -0.25) is 4.90 Å². The van der Waals surface area contributed by atoms with E-state index in [4.69, 9.17) is 11.6 Å². The Morgan fingerprint density at radius 3 is 2.55 bits per heavy atom. The van der Waals surface area contributed by atoms with Gasteiger partial charge in [0.15, 0.2) is 9.84 Å². The zero-order valence-corrected chi connectivity index (χ0v) is 13.8. The predicted molar refractivity (Wildman–Crippen MR) is 87.0 cm³/mol. The normalized spacial score (nSPS) is 25.1. The van der Waals surface area contributed by atoms with Gasteiger partial charge in [-0.15, -0.1) is 0 Å². The first-order valence-electron chi connectivity index (χ1n) is 7.37. The lowest BCUT2D eigenvalue weighted by atomic mass is 10.1. The van der Waals surface area contributed by atoms with Crippen molar-refractivity contribution < 1.29 is 8.42 Å². The van der Waals surface area contributed by atoms with E-state index in [0.717, 1.165) is 38.3 Å². The number of sulfone groups is 1. The highest BCUT2D eigenvalue weighted by Crippen LogP contribution is 2.26. The van der Waals surface area contributed by atoms with Crippen LogP contribution in [0.5, 0.6) is 0 Å². The highest BCUT2D eigenvalue weighted by molar-refractivity contribution is 7.91. The minimum absolute atomic E-state index is 0.160. The molecular weight excluding hydrogens is 322 g/mol. The lowest BCUT2D eigenvalue weighted by molar-refractivity contribution is 0.200. The van der Waals surface area contributed by atoms with E-state index in [2.05, 4.69) is 15.9 Å². The Morgan fingerprint density at radius 2 is 1.95 bits per heavy atom. The Morgan fingerprint density at radius 1 is 1.23 bits per heavy atom. The second-order valence-corrected chi connectivity index (χ2v) is 8.52. The van der Waals surface area contributed by atoms with Crippen molar-refractivity contribution >= 4 is 27.1 Å². The summed E-state index contributed by atoms with van der Waals surface area (Å²) in [5.74, 6) is 0.602. The Kier molecular flexibility index (Phi) is 4.31. The van der Waals surface area contributed by atoms with Crippen molar-refractivity contribution in [3.05, 3.63) is 28.8 Å². The van der Waals surface area contributed by atoms with E-state index in [-0.39, 0.29) is 11.8 Å². The van der Waals surface area contributed by atoms with Crippen LogP contribution in [0.25, 0.3) is 0 Å². The smallest absolute Gasteiger partial charge is 0.151 e. The summed E-state index contributed by atoms with van der Waals surface area (Å²) < 4.78 is 23.2. The number of rotatable bonds is 2. The lowest BCUT2D eigenvalue weighted by Crippen LogP contribution is -2.51. The Balaban J connectivity index is 1.66. The van der Waals surface area contributed by atoms with Gasteiger partial charge in [0.05, 0.1) is 22.8 Å². The van der Waals surface area contributed by atoms with Crippen molar-refractivity contribution in [1.82, 2.24) is 4.90 Å². The molecule has 5 nitrogen and oxygen atoms in total. The van der Waals surface area contributed by atoms with Gasteiger partial charge < -0.3 is 4.90 Å². The molecule has 118 valence electrons. The maximum Gasteiger partial charge on any atom is 0.151 e. The summed E-state index contributed by atoms with van der Waals surface area (Å²) in [5, 5.41) is 9.81. The molecule has 2 saturated heterocycles. The maximum absolute atomic E-state index is 11.6. The highest BCUT2D eigenvalue weighted by atomic mass is 35.5. The van der Waals surface area contributed by atoms with E-state index in [1.807, 2.05) is 6.07 Å². The van der Waals surface area contributed by atoms with Crippen LogP contribution in [-0.4, -0.2) is 57.0 Å². The molecular formula is C15H18ClN3O2S. The molecule has 2 fully saturated rings. The fourth-order valence-electron chi connectivity index (χ4n) is 3.26. The number of hydrogen-bond donors (Lipinski definition) is 0. The Labute approximate surface area is 136 Å². The van der Waals surface area contributed by atoms with Gasteiger partial charge in [0, 0.05) is 37.2 Å². The third kappa shape index (κ3) is 3.22. The fourth-order valence-corrected chi connectivity index (χ4v) is 5.20. The minimum atomic E-state index is -2.84. The molecule has 0 aromatic heterocycles. The van der Waals surface area contributed by atoms with Gasteiger partial charge in [0.25, 0.3) is 0 Å². The lowest BCUT2D eigenvalue weighted by Gasteiger charge is -2.39. The molecule has 2 aliphatic heterocycles. The second kappa shape index (κ2) is 6.07. The summed E-state index contributed by atoms with van der Waals surface area (Å²) in [6.07, 6.45) is 0.743. The number of nitriles is 1. The van der Waals surface area contributed by atoms with E-state index < -0.39 is 9.84 Å². The molecule has 0 saturated carbocycles. The number of piperazine rings is 1. The van der Waals surface area contributed by atoms with E-state index in [9.17, 15) is 13.7 Å². The van der Waals surface area contributed by atoms with Crippen LogP contribution in [0, 0.1) is 11.3 Å². The molecule has 7 heteroatoms. The first-order valence-corrected chi connectivity index (χ1v) is 9.57. The molecule has 0 aliphatic carbocycles. The van der Waals surface area contributed by atoms with Crippen LogP contribution in [-0.2, 0) is 9.84 Å². The van der Waals surface area contributed by atoms with E-state index in [1.165, 1.54) is 0 Å². The van der Waals surface area contributed by atoms with Crippen LogP contribution in [0.2, 0.25) is 5.02 Å². The molecule has 0 radical (unpaired) electrons. The highest BCUT2D eigenvalue weighted by Gasteiger charge is 2.33.